The fraction of sp³-hybridized carbons (Fsp3) is 0.733. The largest absolute Gasteiger partial charge is 0.385 e. The van der Waals surface area contributed by atoms with Crippen molar-refractivity contribution in [2.45, 2.75) is 32.9 Å². The zero-order valence-corrected chi connectivity index (χ0v) is 13.6. The molecule has 0 fully saturated rings. The Kier molecular flexibility index (Phi) is 8.89. The van der Waals surface area contributed by atoms with E-state index in [-0.39, 0.29) is 0 Å². The summed E-state index contributed by atoms with van der Waals surface area (Å²) in [4.78, 5) is 11.1. The van der Waals surface area contributed by atoms with Crippen molar-refractivity contribution < 1.29 is 9.47 Å². The van der Waals surface area contributed by atoms with Gasteiger partial charge < -0.3 is 19.7 Å². The van der Waals surface area contributed by atoms with Gasteiger partial charge in [0.05, 0.1) is 6.61 Å². The average molecular weight is 296 g/mol. The Hall–Kier alpha value is -1.24. The van der Waals surface area contributed by atoms with Crippen molar-refractivity contribution in [1.29, 1.82) is 0 Å². The molecule has 1 aromatic heterocycles. The van der Waals surface area contributed by atoms with Gasteiger partial charge in [-0.05, 0) is 6.42 Å². The summed E-state index contributed by atoms with van der Waals surface area (Å²) in [5.74, 6) is 0.747. The molecule has 0 aliphatic rings. The van der Waals surface area contributed by atoms with Gasteiger partial charge >= 0.3 is 0 Å². The Labute approximate surface area is 127 Å². The van der Waals surface area contributed by atoms with Crippen LogP contribution in [0.1, 0.15) is 25.8 Å². The lowest BCUT2D eigenvalue weighted by atomic mass is 10.3. The molecule has 1 aromatic rings. The smallest absolute Gasteiger partial charge is 0.225 e. The molecule has 0 aliphatic heterocycles. The SMILES string of the molecule is COCCCN(CCOC)c1ncc(CNC(C)C)cn1. The van der Waals surface area contributed by atoms with Crippen LogP contribution < -0.4 is 10.2 Å². The van der Waals surface area contributed by atoms with Gasteiger partial charge in [-0.3, -0.25) is 0 Å². The van der Waals surface area contributed by atoms with Crippen LogP contribution in [-0.2, 0) is 16.0 Å². The fourth-order valence-corrected chi connectivity index (χ4v) is 1.84. The molecule has 1 heterocycles. The number of nitrogens with zero attached hydrogens (tertiary/aromatic N) is 3. The van der Waals surface area contributed by atoms with Gasteiger partial charge in [0.2, 0.25) is 5.95 Å². The van der Waals surface area contributed by atoms with Gasteiger partial charge in [0.1, 0.15) is 0 Å². The van der Waals surface area contributed by atoms with Gasteiger partial charge in [-0.15, -0.1) is 0 Å². The van der Waals surface area contributed by atoms with Crippen molar-refractivity contribution in [2.75, 3.05) is 45.4 Å². The molecule has 0 unspecified atom stereocenters. The third-order valence-electron chi connectivity index (χ3n) is 3.03. The Morgan fingerprint density at radius 2 is 1.76 bits per heavy atom. The van der Waals surface area contributed by atoms with E-state index in [1.54, 1.807) is 14.2 Å². The van der Waals surface area contributed by atoms with Gasteiger partial charge in [0.15, 0.2) is 0 Å². The van der Waals surface area contributed by atoms with Crippen LogP contribution >= 0.6 is 0 Å². The monoisotopic (exact) mass is 296 g/mol. The molecular formula is C15H28N4O2. The maximum atomic E-state index is 5.15. The Morgan fingerprint density at radius 1 is 1.10 bits per heavy atom. The molecule has 21 heavy (non-hydrogen) atoms. The van der Waals surface area contributed by atoms with Gasteiger partial charge in [0, 0.05) is 64.5 Å². The Balaban J connectivity index is 2.59. The van der Waals surface area contributed by atoms with E-state index < -0.39 is 0 Å². The first kappa shape index (κ1) is 17.8. The molecule has 0 amide bonds. The van der Waals surface area contributed by atoms with Gasteiger partial charge in [-0.2, -0.15) is 0 Å². The highest BCUT2D eigenvalue weighted by Gasteiger charge is 2.09. The lowest BCUT2D eigenvalue weighted by Crippen LogP contribution is -2.30. The zero-order chi connectivity index (χ0) is 15.5. The summed E-state index contributed by atoms with van der Waals surface area (Å²) in [6.45, 7) is 8.08. The van der Waals surface area contributed by atoms with E-state index in [4.69, 9.17) is 9.47 Å². The van der Waals surface area contributed by atoms with Crippen molar-refractivity contribution in [1.82, 2.24) is 15.3 Å². The molecule has 0 radical (unpaired) electrons. The average Bonchev–Trinajstić information content (AvgIpc) is 2.49. The molecule has 0 spiro atoms. The van der Waals surface area contributed by atoms with E-state index in [0.29, 0.717) is 12.6 Å². The minimum absolute atomic E-state index is 0.455. The van der Waals surface area contributed by atoms with E-state index in [1.807, 2.05) is 12.4 Å². The van der Waals surface area contributed by atoms with Crippen LogP contribution in [0, 0.1) is 0 Å². The first-order chi connectivity index (χ1) is 10.2. The first-order valence-electron chi connectivity index (χ1n) is 7.44. The Morgan fingerprint density at radius 3 is 2.33 bits per heavy atom. The highest BCUT2D eigenvalue weighted by atomic mass is 16.5. The van der Waals surface area contributed by atoms with Crippen molar-refractivity contribution in [3.05, 3.63) is 18.0 Å². The molecule has 0 atom stereocenters. The summed E-state index contributed by atoms with van der Waals surface area (Å²) in [6.07, 6.45) is 4.71. The molecule has 0 saturated carbocycles. The molecule has 120 valence electrons. The third kappa shape index (κ3) is 7.36. The van der Waals surface area contributed by atoms with E-state index in [0.717, 1.165) is 44.2 Å². The molecule has 0 bridgehead atoms. The van der Waals surface area contributed by atoms with E-state index in [2.05, 4.69) is 34.0 Å². The van der Waals surface area contributed by atoms with Crippen LogP contribution in [0.2, 0.25) is 0 Å². The van der Waals surface area contributed by atoms with E-state index >= 15 is 0 Å². The number of methoxy groups -OCH3 is 2. The minimum atomic E-state index is 0.455. The second-order valence-corrected chi connectivity index (χ2v) is 5.25. The van der Waals surface area contributed by atoms with Crippen molar-refractivity contribution in [3.63, 3.8) is 0 Å². The third-order valence-corrected chi connectivity index (χ3v) is 3.03. The second kappa shape index (κ2) is 10.5. The summed E-state index contributed by atoms with van der Waals surface area (Å²) < 4.78 is 10.2. The van der Waals surface area contributed by atoms with Crippen LogP contribution in [0.5, 0.6) is 0 Å². The molecule has 0 aliphatic carbocycles. The number of hydrogen-bond donors (Lipinski definition) is 1. The quantitative estimate of drug-likeness (QED) is 0.624. The molecule has 0 saturated heterocycles. The number of hydrogen-bond acceptors (Lipinski definition) is 6. The van der Waals surface area contributed by atoms with Crippen LogP contribution in [-0.4, -0.2) is 56.5 Å². The lowest BCUT2D eigenvalue weighted by Gasteiger charge is -2.22. The molecule has 1 rings (SSSR count). The summed E-state index contributed by atoms with van der Waals surface area (Å²) >= 11 is 0. The normalized spacial score (nSPS) is 11.1. The Bertz CT molecular complexity index is 370. The maximum Gasteiger partial charge on any atom is 0.225 e. The first-order valence-corrected chi connectivity index (χ1v) is 7.44. The lowest BCUT2D eigenvalue weighted by molar-refractivity contribution is 0.190. The van der Waals surface area contributed by atoms with Crippen molar-refractivity contribution >= 4 is 5.95 Å². The fourth-order valence-electron chi connectivity index (χ4n) is 1.84. The summed E-state index contributed by atoms with van der Waals surface area (Å²) in [5.41, 5.74) is 1.09. The number of ether oxygens (including phenoxy) is 2. The number of rotatable bonds is 11. The van der Waals surface area contributed by atoms with E-state index in [9.17, 15) is 0 Å². The summed E-state index contributed by atoms with van der Waals surface area (Å²) in [7, 11) is 3.42. The van der Waals surface area contributed by atoms with Crippen LogP contribution in [0.15, 0.2) is 12.4 Å². The maximum absolute atomic E-state index is 5.15. The van der Waals surface area contributed by atoms with Crippen molar-refractivity contribution in [3.8, 4) is 0 Å². The molecule has 6 nitrogen and oxygen atoms in total. The van der Waals surface area contributed by atoms with Gasteiger partial charge in [-0.1, -0.05) is 13.8 Å². The molecule has 6 heteroatoms. The summed E-state index contributed by atoms with van der Waals surface area (Å²) in [5, 5.41) is 3.36. The predicted molar refractivity (Wildman–Crippen MR) is 84.6 cm³/mol. The molecule has 1 N–H and O–H groups in total. The van der Waals surface area contributed by atoms with Crippen LogP contribution in [0.4, 0.5) is 5.95 Å². The highest BCUT2D eigenvalue weighted by Crippen LogP contribution is 2.08. The van der Waals surface area contributed by atoms with E-state index in [1.165, 1.54) is 0 Å². The predicted octanol–water partition coefficient (Wildman–Crippen LogP) is 1.46. The highest BCUT2D eigenvalue weighted by molar-refractivity contribution is 5.29. The van der Waals surface area contributed by atoms with Gasteiger partial charge in [-0.25, -0.2) is 9.97 Å². The standard InChI is InChI=1S/C15H28N4O2/c1-13(2)16-10-14-11-17-15(18-12-14)19(7-9-21-4)6-5-8-20-3/h11-13,16H,5-10H2,1-4H3. The number of aromatic nitrogens is 2. The molecular weight excluding hydrogens is 268 g/mol. The topological polar surface area (TPSA) is 59.5 Å². The number of nitrogens with one attached hydrogen (secondary N) is 1. The van der Waals surface area contributed by atoms with Crippen molar-refractivity contribution in [2.24, 2.45) is 0 Å². The number of anilines is 1. The zero-order valence-electron chi connectivity index (χ0n) is 13.6. The van der Waals surface area contributed by atoms with Crippen LogP contribution in [0.25, 0.3) is 0 Å². The summed E-state index contributed by atoms with van der Waals surface area (Å²) in [6, 6.07) is 0.455. The van der Waals surface area contributed by atoms with Crippen LogP contribution in [0.3, 0.4) is 0 Å². The minimum Gasteiger partial charge on any atom is -0.385 e. The van der Waals surface area contributed by atoms with Gasteiger partial charge in [0.25, 0.3) is 0 Å². The second-order valence-electron chi connectivity index (χ2n) is 5.25. The molecule has 0 aromatic carbocycles.